The van der Waals surface area contributed by atoms with Gasteiger partial charge in [-0.15, -0.1) is 0 Å². The summed E-state index contributed by atoms with van der Waals surface area (Å²) in [5.74, 6) is 6.85. The van der Waals surface area contributed by atoms with Crippen LogP contribution in [-0.4, -0.2) is 9.13 Å². The predicted octanol–water partition coefficient (Wildman–Crippen LogP) is 34.0. The van der Waals surface area contributed by atoms with Crippen molar-refractivity contribution in [2.45, 2.75) is 75.0 Å². The molecule has 132 heavy (non-hydrogen) atoms. The van der Waals surface area contributed by atoms with E-state index in [1.807, 2.05) is 0 Å². The number of hydrogen-bond acceptors (Lipinski definition) is 2. The van der Waals surface area contributed by atoms with Crippen LogP contribution in [0.3, 0.4) is 0 Å². The first kappa shape index (κ1) is 77.1. The van der Waals surface area contributed by atoms with E-state index in [-0.39, 0.29) is 10.8 Å². The maximum Gasteiger partial charge on any atom is 0.0542 e. The molecule has 0 aliphatic heterocycles. The van der Waals surface area contributed by atoms with E-state index >= 15 is 0 Å². The largest absolute Gasteiger partial charge is 0.310 e. The molecule has 18 aromatic carbocycles. The van der Waals surface area contributed by atoms with Gasteiger partial charge in [-0.2, -0.15) is 0 Å². The zero-order chi connectivity index (χ0) is 86.7. The Morgan fingerprint density at radius 1 is 0.182 bits per heavy atom. The standard InChI is InChI=1S/2C64H50N2/c1-4-14-44(15-5-1)48-27-32-62(56(39-48)46-16-6-2-7-17-46)65(53-30-33-63-58(41-53)55-21-11-13-23-61(55)66(63)51-18-8-3-9-19-51)52-28-24-45(25-29-52)47-26-31-60-57(40-47)54-20-10-12-22-59(54)64(60)49-35-42-34-43(37-49)38-50(64)36-42;1-3-11-44(12-4-1)45-19-21-46(22-20-45)47-23-28-53(29-24-47)65(55-32-34-63-59(41-55)57-16-8-10-18-62(57)66(63)52-13-5-2-6-14-52)54-30-25-48(26-31-54)49-27-33-61-58(40-49)56-15-7-9-17-60(56)64(61)50-36-42-35-43(38-50)39-51(64)37-42/h1-33,39-43,49-50H,34-38H2;1-34,40-43,50-51H,35-39H2. The Hall–Kier alpha value is -14.8. The lowest BCUT2D eigenvalue weighted by Gasteiger charge is -2.61. The lowest BCUT2D eigenvalue weighted by molar-refractivity contribution is -0.0399. The lowest BCUT2D eigenvalue weighted by atomic mass is 9.43. The molecule has 4 heteroatoms. The van der Waals surface area contributed by atoms with Crippen LogP contribution in [0.5, 0.6) is 0 Å². The summed E-state index contributed by atoms with van der Waals surface area (Å²) in [5.41, 5.74) is 41.3. The summed E-state index contributed by atoms with van der Waals surface area (Å²) in [5, 5.41) is 4.95. The molecule has 20 aromatic rings. The Labute approximate surface area is 773 Å². The molecule has 0 atom stereocenters. The van der Waals surface area contributed by atoms with Crippen molar-refractivity contribution < 1.29 is 0 Å². The summed E-state index contributed by atoms with van der Waals surface area (Å²) in [6.45, 7) is 0. The Bertz CT molecular complexity index is 7810. The molecular weight excluding hydrogens is 1590 g/mol. The average molecular weight is 1690 g/mol. The minimum atomic E-state index is 0.184. The Balaban J connectivity index is 0.000000135. The first-order chi connectivity index (χ1) is 65.4. The third-order valence-corrected chi connectivity index (χ3v) is 32.8. The highest BCUT2D eigenvalue weighted by atomic mass is 15.2. The molecule has 2 aromatic heterocycles. The highest BCUT2D eigenvalue weighted by Crippen LogP contribution is 2.72. The summed E-state index contributed by atoms with van der Waals surface area (Å²) in [6, 6.07) is 163. The molecule has 10 aliphatic carbocycles. The van der Waals surface area contributed by atoms with Crippen LogP contribution in [-0.2, 0) is 10.8 Å². The minimum Gasteiger partial charge on any atom is -0.310 e. The zero-order valence-corrected chi connectivity index (χ0v) is 74.0. The fraction of sp³-hybridized carbons (Fsp3) is 0.156. The summed E-state index contributed by atoms with van der Waals surface area (Å²) < 4.78 is 4.79. The van der Waals surface area contributed by atoms with Gasteiger partial charge in [0, 0.05) is 77.8 Å². The van der Waals surface area contributed by atoms with Gasteiger partial charge in [0.15, 0.2) is 0 Å². The highest BCUT2D eigenvalue weighted by molar-refractivity contribution is 6.12. The van der Waals surface area contributed by atoms with Crippen LogP contribution >= 0.6 is 0 Å². The molecule has 8 fully saturated rings. The van der Waals surface area contributed by atoms with Gasteiger partial charge in [0.2, 0.25) is 0 Å². The van der Waals surface area contributed by atoms with E-state index in [2.05, 4.69) is 456 Å². The van der Waals surface area contributed by atoms with Crippen LogP contribution in [0.25, 0.3) is 144 Å². The average Bonchev–Trinajstić information content (AvgIpc) is 1.50. The van der Waals surface area contributed by atoms with Gasteiger partial charge in [-0.05, 0) is 351 Å². The second-order valence-corrected chi connectivity index (χ2v) is 39.5. The van der Waals surface area contributed by atoms with Crippen molar-refractivity contribution in [2.75, 3.05) is 9.80 Å². The van der Waals surface area contributed by atoms with Gasteiger partial charge >= 0.3 is 0 Å². The van der Waals surface area contributed by atoms with E-state index in [1.54, 1.807) is 22.3 Å². The van der Waals surface area contributed by atoms with Crippen LogP contribution in [0.2, 0.25) is 0 Å². The van der Waals surface area contributed by atoms with Gasteiger partial charge in [0.1, 0.15) is 0 Å². The lowest BCUT2D eigenvalue weighted by Crippen LogP contribution is -2.55. The number of nitrogens with zero attached hydrogens (tertiary/aromatic N) is 4. The van der Waals surface area contributed by atoms with Crippen molar-refractivity contribution >= 4 is 77.7 Å². The van der Waals surface area contributed by atoms with Crippen LogP contribution in [0, 0.1) is 47.3 Å². The first-order valence-corrected chi connectivity index (χ1v) is 48.3. The first-order valence-electron chi connectivity index (χ1n) is 48.3. The molecule has 8 saturated carbocycles. The van der Waals surface area contributed by atoms with Crippen LogP contribution in [0.15, 0.2) is 437 Å². The molecule has 4 nitrogen and oxygen atoms in total. The normalized spacial score (nSPS) is 21.1. The second kappa shape index (κ2) is 30.9. The molecule has 2 heterocycles. The van der Waals surface area contributed by atoms with Gasteiger partial charge in [-0.25, -0.2) is 0 Å². The summed E-state index contributed by atoms with van der Waals surface area (Å²) >= 11 is 0. The molecule has 632 valence electrons. The molecule has 2 spiro atoms. The maximum atomic E-state index is 2.55. The number of benzene rings is 18. The Kier molecular flexibility index (Phi) is 18.1. The van der Waals surface area contributed by atoms with Crippen LogP contribution < -0.4 is 9.80 Å². The molecule has 0 amide bonds. The molecule has 30 rings (SSSR count). The Morgan fingerprint density at radius 3 is 0.879 bits per heavy atom. The minimum absolute atomic E-state index is 0.184. The molecular formula is C128H100N4. The topological polar surface area (TPSA) is 16.3 Å². The van der Waals surface area contributed by atoms with E-state index in [4.69, 9.17) is 0 Å². The van der Waals surface area contributed by atoms with Gasteiger partial charge in [-0.3, -0.25) is 0 Å². The highest BCUT2D eigenvalue weighted by Gasteiger charge is 2.63. The number of aromatic nitrogens is 2. The molecule has 0 saturated heterocycles. The predicted molar refractivity (Wildman–Crippen MR) is 550 cm³/mol. The van der Waals surface area contributed by atoms with Gasteiger partial charge in [-0.1, -0.05) is 303 Å². The monoisotopic (exact) mass is 1690 g/mol. The van der Waals surface area contributed by atoms with E-state index in [0.717, 1.165) is 87.2 Å². The van der Waals surface area contributed by atoms with E-state index in [9.17, 15) is 0 Å². The molecule has 0 unspecified atom stereocenters. The molecule has 0 radical (unpaired) electrons. The van der Waals surface area contributed by atoms with Gasteiger partial charge < -0.3 is 18.9 Å². The van der Waals surface area contributed by atoms with Gasteiger partial charge in [0.05, 0.1) is 27.8 Å². The number of hydrogen-bond donors (Lipinski definition) is 0. The van der Waals surface area contributed by atoms with Crippen LogP contribution in [0.4, 0.5) is 34.1 Å². The number of anilines is 6. The van der Waals surface area contributed by atoms with Crippen molar-refractivity contribution in [2.24, 2.45) is 47.3 Å². The van der Waals surface area contributed by atoms with E-state index in [1.165, 1.54) is 203 Å². The fourth-order valence-electron chi connectivity index (χ4n) is 27.7. The van der Waals surface area contributed by atoms with E-state index in [0.29, 0.717) is 0 Å². The summed E-state index contributed by atoms with van der Waals surface area (Å²) in [6.07, 6.45) is 14.2. The third kappa shape index (κ3) is 12.2. The van der Waals surface area contributed by atoms with E-state index < -0.39 is 0 Å². The van der Waals surface area contributed by atoms with Crippen molar-refractivity contribution in [1.29, 1.82) is 0 Å². The number of para-hydroxylation sites is 4. The van der Waals surface area contributed by atoms with Crippen LogP contribution in [0.1, 0.15) is 86.5 Å². The molecule has 10 aliphatic rings. The second-order valence-electron chi connectivity index (χ2n) is 39.5. The summed E-state index contributed by atoms with van der Waals surface area (Å²) in [7, 11) is 0. The summed E-state index contributed by atoms with van der Waals surface area (Å²) in [4.78, 5) is 4.90. The third-order valence-electron chi connectivity index (χ3n) is 32.8. The van der Waals surface area contributed by atoms with Crippen molar-refractivity contribution in [1.82, 2.24) is 9.13 Å². The SMILES string of the molecule is c1ccc(-c2ccc(-c3ccc(N(c4ccc(-c5ccc6c(c5)-c5ccccc5C65C6CC7CC(C6)CC5C7)cc4)c4ccc5c(c4)c4ccccc4n5-c4ccccc4)cc3)cc2)cc1.c1ccc(-c2ccc(N(c3ccc(-c4ccc5c(c4)-c4ccccc4C54C5CC6CC(C5)CC4C6)cc3)c3ccc4c(c3)c3ccccc3n4-c3ccccc3)c(-c3ccccc3)c2)cc1. The zero-order valence-electron chi connectivity index (χ0n) is 74.0. The fourth-order valence-corrected chi connectivity index (χ4v) is 27.7. The van der Waals surface area contributed by atoms with Crippen molar-refractivity contribution in [3.8, 4) is 100 Å². The van der Waals surface area contributed by atoms with Crippen molar-refractivity contribution in [3.05, 3.63) is 459 Å². The van der Waals surface area contributed by atoms with Crippen molar-refractivity contribution in [3.63, 3.8) is 0 Å². The molecule has 0 N–H and O–H groups in total. The van der Waals surface area contributed by atoms with Gasteiger partial charge in [0.25, 0.3) is 0 Å². The molecule has 8 bridgehead atoms. The number of fused-ring (bicyclic) bond motifs is 12. The quantitative estimate of drug-likeness (QED) is 0.108. The maximum absolute atomic E-state index is 2.55. The smallest absolute Gasteiger partial charge is 0.0542 e. The number of rotatable bonds is 14. The Morgan fingerprint density at radius 2 is 0.462 bits per heavy atom.